The third kappa shape index (κ3) is 3.08. The maximum Gasteiger partial charge on any atom is 0.336 e. The standard InChI is InChI=1S/C10H15NO5S2/c1-7(5-16-3)11(2)18(14,15)9-4-8(6-17-9)10(12)13/h4,6-7H,5H2,1-3H3,(H,12,13). The number of aromatic carboxylic acids is 1. The monoisotopic (exact) mass is 293 g/mol. The van der Waals surface area contributed by atoms with Crippen molar-refractivity contribution in [1.82, 2.24) is 4.31 Å². The van der Waals surface area contributed by atoms with Gasteiger partial charge >= 0.3 is 5.97 Å². The molecule has 0 fully saturated rings. The van der Waals surface area contributed by atoms with Gasteiger partial charge < -0.3 is 9.84 Å². The van der Waals surface area contributed by atoms with E-state index in [4.69, 9.17) is 9.84 Å². The molecular weight excluding hydrogens is 278 g/mol. The van der Waals surface area contributed by atoms with Gasteiger partial charge in [0.2, 0.25) is 0 Å². The minimum atomic E-state index is -3.66. The number of carboxylic acids is 1. The molecule has 6 nitrogen and oxygen atoms in total. The van der Waals surface area contributed by atoms with E-state index in [2.05, 4.69) is 0 Å². The van der Waals surface area contributed by atoms with Crippen LogP contribution in [0.3, 0.4) is 0 Å². The Hall–Kier alpha value is -0.960. The molecule has 0 saturated heterocycles. The predicted molar refractivity (Wildman–Crippen MR) is 67.6 cm³/mol. The molecule has 0 saturated carbocycles. The first-order valence-electron chi connectivity index (χ1n) is 5.09. The topological polar surface area (TPSA) is 83.9 Å². The fourth-order valence-electron chi connectivity index (χ4n) is 1.29. The first-order valence-corrected chi connectivity index (χ1v) is 7.41. The van der Waals surface area contributed by atoms with Crippen LogP contribution in [0.25, 0.3) is 0 Å². The van der Waals surface area contributed by atoms with Crippen LogP contribution in [-0.2, 0) is 14.8 Å². The van der Waals surface area contributed by atoms with E-state index in [1.54, 1.807) is 6.92 Å². The third-order valence-electron chi connectivity index (χ3n) is 2.48. The maximum atomic E-state index is 12.2. The summed E-state index contributed by atoms with van der Waals surface area (Å²) in [6, 6.07) is 0.841. The van der Waals surface area contributed by atoms with E-state index in [0.717, 1.165) is 11.3 Å². The molecule has 1 heterocycles. The molecule has 1 N–H and O–H groups in total. The molecule has 0 bridgehead atoms. The van der Waals surface area contributed by atoms with Gasteiger partial charge in [0, 0.05) is 25.6 Å². The van der Waals surface area contributed by atoms with Gasteiger partial charge in [0.15, 0.2) is 0 Å². The second kappa shape index (κ2) is 5.79. The molecule has 1 rings (SSSR count). The summed E-state index contributed by atoms with van der Waals surface area (Å²) in [7, 11) is -0.730. The molecule has 1 aromatic rings. The Kier molecular flexibility index (Phi) is 4.85. The third-order valence-corrected chi connectivity index (χ3v) is 5.87. The smallest absolute Gasteiger partial charge is 0.336 e. The van der Waals surface area contributed by atoms with Gasteiger partial charge in [-0.05, 0) is 13.0 Å². The number of carboxylic acid groups (broad SMARTS) is 1. The highest BCUT2D eigenvalue weighted by Crippen LogP contribution is 2.24. The molecule has 0 spiro atoms. The van der Waals surface area contributed by atoms with Gasteiger partial charge in [0.25, 0.3) is 10.0 Å². The van der Waals surface area contributed by atoms with E-state index >= 15 is 0 Å². The lowest BCUT2D eigenvalue weighted by molar-refractivity contribution is 0.0697. The molecule has 0 aliphatic rings. The molecule has 102 valence electrons. The second-order valence-corrected chi connectivity index (χ2v) is 6.92. The van der Waals surface area contributed by atoms with Crippen molar-refractivity contribution in [3.63, 3.8) is 0 Å². The SMILES string of the molecule is COCC(C)N(C)S(=O)(=O)c1cc(C(=O)O)cs1. The molecule has 1 atom stereocenters. The highest BCUT2D eigenvalue weighted by atomic mass is 32.2. The van der Waals surface area contributed by atoms with Gasteiger partial charge in [-0.3, -0.25) is 0 Å². The van der Waals surface area contributed by atoms with Crippen LogP contribution in [0.15, 0.2) is 15.7 Å². The molecule has 18 heavy (non-hydrogen) atoms. The van der Waals surface area contributed by atoms with Crippen molar-refractivity contribution in [2.24, 2.45) is 0 Å². The van der Waals surface area contributed by atoms with E-state index in [1.165, 1.54) is 29.9 Å². The van der Waals surface area contributed by atoms with E-state index in [9.17, 15) is 13.2 Å². The van der Waals surface area contributed by atoms with Crippen molar-refractivity contribution in [2.75, 3.05) is 20.8 Å². The summed E-state index contributed by atoms with van der Waals surface area (Å²) in [6.45, 7) is 1.99. The number of sulfonamides is 1. The molecule has 1 unspecified atom stereocenters. The lowest BCUT2D eigenvalue weighted by Gasteiger charge is -2.22. The fraction of sp³-hybridized carbons (Fsp3) is 0.500. The zero-order chi connectivity index (χ0) is 13.9. The summed E-state index contributed by atoms with van der Waals surface area (Å²) in [6.07, 6.45) is 0. The fourth-order valence-corrected chi connectivity index (χ4v) is 3.97. The number of nitrogens with zero attached hydrogens (tertiary/aromatic N) is 1. The summed E-state index contributed by atoms with van der Waals surface area (Å²) in [4.78, 5) is 10.7. The minimum Gasteiger partial charge on any atom is -0.478 e. The molecule has 8 heteroatoms. The molecular formula is C10H15NO5S2. The van der Waals surface area contributed by atoms with E-state index in [-0.39, 0.29) is 22.4 Å². The van der Waals surface area contributed by atoms with Crippen LogP contribution in [0.2, 0.25) is 0 Å². The van der Waals surface area contributed by atoms with Crippen LogP contribution in [0.1, 0.15) is 17.3 Å². The van der Waals surface area contributed by atoms with E-state index in [1.807, 2.05) is 0 Å². The van der Waals surface area contributed by atoms with Gasteiger partial charge in [0.1, 0.15) is 4.21 Å². The van der Waals surface area contributed by atoms with Crippen LogP contribution in [-0.4, -0.2) is 50.6 Å². The lowest BCUT2D eigenvalue weighted by atomic mass is 10.4. The first-order chi connectivity index (χ1) is 8.30. The number of likely N-dealkylation sites (N-methyl/N-ethyl adjacent to an activating group) is 1. The van der Waals surface area contributed by atoms with Crippen molar-refractivity contribution < 1.29 is 23.1 Å². The van der Waals surface area contributed by atoms with Crippen molar-refractivity contribution in [1.29, 1.82) is 0 Å². The number of hydrogen-bond donors (Lipinski definition) is 1. The average Bonchev–Trinajstić information content (AvgIpc) is 2.78. The second-order valence-electron chi connectivity index (χ2n) is 3.79. The first kappa shape index (κ1) is 15.1. The average molecular weight is 293 g/mol. The number of ether oxygens (including phenoxy) is 1. The molecule has 1 aromatic heterocycles. The Morgan fingerprint density at radius 3 is 2.67 bits per heavy atom. The predicted octanol–water partition coefficient (Wildman–Crippen LogP) is 1.10. The quantitative estimate of drug-likeness (QED) is 0.849. The minimum absolute atomic E-state index is 0.0188. The zero-order valence-electron chi connectivity index (χ0n) is 10.3. The van der Waals surface area contributed by atoms with Crippen molar-refractivity contribution in [3.8, 4) is 0 Å². The Morgan fingerprint density at radius 2 is 2.22 bits per heavy atom. The molecule has 0 aromatic carbocycles. The van der Waals surface area contributed by atoms with Crippen LogP contribution in [0, 0.1) is 0 Å². The molecule has 0 radical (unpaired) electrons. The van der Waals surface area contributed by atoms with Crippen LogP contribution in [0.5, 0.6) is 0 Å². The lowest BCUT2D eigenvalue weighted by Crippen LogP contribution is -2.37. The van der Waals surface area contributed by atoms with Crippen molar-refractivity contribution in [3.05, 3.63) is 17.0 Å². The van der Waals surface area contributed by atoms with Crippen LogP contribution >= 0.6 is 11.3 Å². The number of carbonyl (C=O) groups is 1. The summed E-state index contributed by atoms with van der Waals surface area (Å²) in [5, 5.41) is 10.1. The van der Waals surface area contributed by atoms with E-state index in [0.29, 0.717) is 0 Å². The van der Waals surface area contributed by atoms with Crippen molar-refractivity contribution in [2.45, 2.75) is 17.2 Å². The van der Waals surface area contributed by atoms with Gasteiger partial charge in [-0.1, -0.05) is 0 Å². The number of methoxy groups -OCH3 is 1. The normalized spacial score (nSPS) is 13.8. The zero-order valence-corrected chi connectivity index (χ0v) is 11.9. The van der Waals surface area contributed by atoms with Gasteiger partial charge in [-0.15, -0.1) is 11.3 Å². The number of thiophene rings is 1. The van der Waals surface area contributed by atoms with Gasteiger partial charge in [-0.2, -0.15) is 4.31 Å². The highest BCUT2D eigenvalue weighted by molar-refractivity contribution is 7.91. The summed E-state index contributed by atoms with van der Waals surface area (Å²) >= 11 is 0.897. The van der Waals surface area contributed by atoms with Crippen molar-refractivity contribution >= 4 is 27.3 Å². The Morgan fingerprint density at radius 1 is 1.61 bits per heavy atom. The number of rotatable bonds is 6. The van der Waals surface area contributed by atoms with Gasteiger partial charge in [-0.25, -0.2) is 13.2 Å². The molecule has 0 aliphatic carbocycles. The molecule has 0 aliphatic heterocycles. The van der Waals surface area contributed by atoms with Gasteiger partial charge in [0.05, 0.1) is 12.2 Å². The highest BCUT2D eigenvalue weighted by Gasteiger charge is 2.27. The summed E-state index contributed by atoms with van der Waals surface area (Å²) in [5.41, 5.74) is -0.0219. The Labute approximate surface area is 110 Å². The van der Waals surface area contributed by atoms with Crippen LogP contribution < -0.4 is 0 Å². The maximum absolute atomic E-state index is 12.2. The Balaban J connectivity index is 3.01. The largest absolute Gasteiger partial charge is 0.478 e. The Bertz CT molecular complexity index is 522. The number of hydrogen-bond acceptors (Lipinski definition) is 5. The van der Waals surface area contributed by atoms with E-state index < -0.39 is 16.0 Å². The molecule has 0 amide bonds. The summed E-state index contributed by atoms with van der Waals surface area (Å²) in [5.74, 6) is -1.14. The summed E-state index contributed by atoms with van der Waals surface area (Å²) < 4.78 is 30.4. The van der Waals surface area contributed by atoms with Crippen LogP contribution in [0.4, 0.5) is 0 Å².